The molecule has 0 unspecified atom stereocenters. The van der Waals surface area contributed by atoms with E-state index in [0.717, 1.165) is 10.8 Å². The van der Waals surface area contributed by atoms with Crippen LogP contribution in [-0.4, -0.2) is 10.8 Å². The lowest BCUT2D eigenvalue weighted by molar-refractivity contribution is 1.10. The van der Waals surface area contributed by atoms with Crippen LogP contribution in [0.3, 0.4) is 0 Å². The predicted molar refractivity (Wildman–Crippen MR) is 71.3 cm³/mol. The molecule has 3 N–H and O–H groups in total. The van der Waals surface area contributed by atoms with Gasteiger partial charge in [0.25, 0.3) is 0 Å². The quantitative estimate of drug-likeness (QED) is 0.493. The molecule has 0 bridgehead atoms. The normalized spacial score (nSPS) is 10.1. The number of benzene rings is 1. The van der Waals surface area contributed by atoms with E-state index in [1.807, 2.05) is 30.3 Å². The van der Waals surface area contributed by atoms with Crippen molar-refractivity contribution in [2.45, 2.75) is 10.8 Å². The highest BCUT2D eigenvalue weighted by Gasteiger charge is 2.01. The Hall–Kier alpha value is -1.81. The van der Waals surface area contributed by atoms with E-state index in [1.165, 1.54) is 5.56 Å². The van der Waals surface area contributed by atoms with Gasteiger partial charge in [-0.2, -0.15) is 0 Å². The summed E-state index contributed by atoms with van der Waals surface area (Å²) in [4.78, 5) is 4.30. The summed E-state index contributed by atoms with van der Waals surface area (Å²) in [5, 5.41) is 8.22. The van der Waals surface area contributed by atoms with Crippen molar-refractivity contribution in [3.63, 3.8) is 0 Å². The molecule has 86 valence electrons. The van der Waals surface area contributed by atoms with Gasteiger partial charge in [-0.3, -0.25) is 5.41 Å². The molecule has 0 atom stereocenters. The predicted octanol–water partition coefficient (Wildman–Crippen LogP) is 2.66. The van der Waals surface area contributed by atoms with Gasteiger partial charge in [0.15, 0.2) is 0 Å². The number of amidine groups is 1. The highest BCUT2D eigenvalue weighted by molar-refractivity contribution is 7.98. The van der Waals surface area contributed by atoms with Crippen molar-refractivity contribution >= 4 is 17.6 Å². The number of nitrogen functional groups attached to an aromatic ring is 1. The summed E-state index contributed by atoms with van der Waals surface area (Å²) in [7, 11) is 0. The van der Waals surface area contributed by atoms with Gasteiger partial charge in [-0.25, -0.2) is 4.98 Å². The van der Waals surface area contributed by atoms with Crippen molar-refractivity contribution in [3.8, 4) is 0 Å². The van der Waals surface area contributed by atoms with Crippen LogP contribution >= 0.6 is 11.8 Å². The molecule has 2 rings (SSSR count). The lowest BCUT2D eigenvalue weighted by atomic mass is 10.2. The first-order valence-electron chi connectivity index (χ1n) is 5.24. The van der Waals surface area contributed by atoms with Crippen LogP contribution in [0.2, 0.25) is 0 Å². The number of nitrogens with two attached hydrogens (primary N) is 1. The Bertz CT molecular complexity index is 511. The summed E-state index contributed by atoms with van der Waals surface area (Å²) in [6, 6.07) is 15.8. The molecule has 2 aromatic rings. The summed E-state index contributed by atoms with van der Waals surface area (Å²) >= 11 is 1.64. The van der Waals surface area contributed by atoms with Crippen molar-refractivity contribution in [2.75, 3.05) is 0 Å². The number of pyridine rings is 1. The van der Waals surface area contributed by atoms with Gasteiger partial charge in [0.1, 0.15) is 11.5 Å². The molecule has 0 amide bonds. The average Bonchev–Trinajstić information content (AvgIpc) is 2.38. The van der Waals surface area contributed by atoms with E-state index in [9.17, 15) is 0 Å². The minimum absolute atomic E-state index is 0.00663. The second-order valence-electron chi connectivity index (χ2n) is 3.55. The standard InChI is InChI=1S/C13H13N3S/c14-13(15)11-7-4-8-12(16-11)17-9-10-5-2-1-3-6-10/h1-8H,9H2,(H3,14,15). The Kier molecular flexibility index (Phi) is 3.77. The molecule has 1 aromatic heterocycles. The third kappa shape index (κ3) is 3.32. The Morgan fingerprint density at radius 2 is 1.88 bits per heavy atom. The van der Waals surface area contributed by atoms with Gasteiger partial charge >= 0.3 is 0 Å². The molecule has 0 saturated heterocycles. The van der Waals surface area contributed by atoms with Crippen LogP contribution in [0.15, 0.2) is 53.6 Å². The topological polar surface area (TPSA) is 62.8 Å². The third-order valence-electron chi connectivity index (χ3n) is 2.23. The van der Waals surface area contributed by atoms with Crippen LogP contribution in [0.25, 0.3) is 0 Å². The Morgan fingerprint density at radius 1 is 1.12 bits per heavy atom. The second-order valence-corrected chi connectivity index (χ2v) is 4.54. The van der Waals surface area contributed by atoms with Crippen molar-refractivity contribution in [1.82, 2.24) is 4.98 Å². The van der Waals surface area contributed by atoms with Gasteiger partial charge in [0, 0.05) is 5.75 Å². The molecule has 0 aliphatic carbocycles. The number of rotatable bonds is 4. The van der Waals surface area contributed by atoms with Crippen LogP contribution in [-0.2, 0) is 5.75 Å². The minimum atomic E-state index is 0.00663. The summed E-state index contributed by atoms with van der Waals surface area (Å²) in [5.41, 5.74) is 7.19. The van der Waals surface area contributed by atoms with Gasteiger partial charge in [0.2, 0.25) is 0 Å². The zero-order valence-corrected chi connectivity index (χ0v) is 10.1. The van der Waals surface area contributed by atoms with Crippen LogP contribution in [0, 0.1) is 5.41 Å². The zero-order valence-electron chi connectivity index (χ0n) is 9.26. The fourth-order valence-electron chi connectivity index (χ4n) is 1.38. The van der Waals surface area contributed by atoms with Crippen LogP contribution in [0.4, 0.5) is 0 Å². The van der Waals surface area contributed by atoms with E-state index in [-0.39, 0.29) is 5.84 Å². The summed E-state index contributed by atoms with van der Waals surface area (Å²) in [6.45, 7) is 0. The highest BCUT2D eigenvalue weighted by atomic mass is 32.2. The van der Waals surface area contributed by atoms with Crippen molar-refractivity contribution in [2.24, 2.45) is 5.73 Å². The molecule has 0 saturated carbocycles. The SMILES string of the molecule is N=C(N)c1cccc(SCc2ccccc2)n1. The second kappa shape index (κ2) is 5.50. The van der Waals surface area contributed by atoms with E-state index in [0.29, 0.717) is 5.69 Å². The number of nitrogens with zero attached hydrogens (tertiary/aromatic N) is 1. The molecule has 3 nitrogen and oxygen atoms in total. The van der Waals surface area contributed by atoms with Crippen molar-refractivity contribution < 1.29 is 0 Å². The zero-order chi connectivity index (χ0) is 12.1. The lowest BCUT2D eigenvalue weighted by Crippen LogP contribution is -2.12. The molecule has 0 radical (unpaired) electrons. The smallest absolute Gasteiger partial charge is 0.141 e. The molecular weight excluding hydrogens is 230 g/mol. The van der Waals surface area contributed by atoms with Gasteiger partial charge in [-0.1, -0.05) is 36.4 Å². The number of thioether (sulfide) groups is 1. The summed E-state index contributed by atoms with van der Waals surface area (Å²) in [6.07, 6.45) is 0. The fourth-order valence-corrected chi connectivity index (χ4v) is 2.22. The molecule has 17 heavy (non-hydrogen) atoms. The minimum Gasteiger partial charge on any atom is -0.382 e. The molecule has 1 heterocycles. The van der Waals surface area contributed by atoms with Crippen LogP contribution in [0.5, 0.6) is 0 Å². The van der Waals surface area contributed by atoms with E-state index >= 15 is 0 Å². The van der Waals surface area contributed by atoms with Crippen LogP contribution in [0.1, 0.15) is 11.3 Å². The van der Waals surface area contributed by atoms with Gasteiger partial charge in [0.05, 0.1) is 5.03 Å². The van der Waals surface area contributed by atoms with E-state index in [1.54, 1.807) is 17.8 Å². The average molecular weight is 243 g/mol. The third-order valence-corrected chi connectivity index (χ3v) is 3.23. The van der Waals surface area contributed by atoms with Crippen molar-refractivity contribution in [3.05, 3.63) is 59.8 Å². The largest absolute Gasteiger partial charge is 0.382 e. The summed E-state index contributed by atoms with van der Waals surface area (Å²) < 4.78 is 0. The van der Waals surface area contributed by atoms with E-state index in [4.69, 9.17) is 11.1 Å². The maximum atomic E-state index is 7.33. The molecule has 4 heteroatoms. The highest BCUT2D eigenvalue weighted by Crippen LogP contribution is 2.20. The van der Waals surface area contributed by atoms with Gasteiger partial charge < -0.3 is 5.73 Å². The Balaban J connectivity index is 2.04. The first kappa shape index (κ1) is 11.7. The first-order chi connectivity index (χ1) is 8.25. The first-order valence-corrected chi connectivity index (χ1v) is 6.22. The molecule has 0 aliphatic rings. The lowest BCUT2D eigenvalue weighted by Gasteiger charge is -2.03. The molecular formula is C13H13N3S. The maximum absolute atomic E-state index is 7.33. The van der Waals surface area contributed by atoms with Gasteiger partial charge in [-0.15, -0.1) is 11.8 Å². The van der Waals surface area contributed by atoms with Crippen molar-refractivity contribution in [1.29, 1.82) is 5.41 Å². The Labute approximate surface area is 105 Å². The molecule has 0 aliphatic heterocycles. The van der Waals surface area contributed by atoms with Crippen LogP contribution < -0.4 is 5.73 Å². The molecule has 0 spiro atoms. The number of aromatic nitrogens is 1. The summed E-state index contributed by atoms with van der Waals surface area (Å²) in [5.74, 6) is 0.877. The number of nitrogens with one attached hydrogen (secondary N) is 1. The fraction of sp³-hybridized carbons (Fsp3) is 0.0769. The Morgan fingerprint density at radius 3 is 2.59 bits per heavy atom. The van der Waals surface area contributed by atoms with E-state index < -0.39 is 0 Å². The number of hydrogen-bond donors (Lipinski definition) is 2. The molecule has 0 fully saturated rings. The van der Waals surface area contributed by atoms with E-state index in [2.05, 4.69) is 17.1 Å². The monoisotopic (exact) mass is 243 g/mol. The van der Waals surface area contributed by atoms with Gasteiger partial charge in [-0.05, 0) is 17.7 Å². The maximum Gasteiger partial charge on any atom is 0.141 e. The number of hydrogen-bond acceptors (Lipinski definition) is 3. The molecule has 1 aromatic carbocycles.